The number of likely N-dealkylation sites (tertiary alicyclic amines) is 1. The predicted octanol–water partition coefficient (Wildman–Crippen LogP) is 3.09. The zero-order valence-electron chi connectivity index (χ0n) is 16.1. The first-order chi connectivity index (χ1) is 13.6. The second kappa shape index (κ2) is 7.89. The number of halogens is 1. The molecular formula is C22H25FN2O3. The third kappa shape index (κ3) is 3.88. The highest BCUT2D eigenvalue weighted by Gasteiger charge is 2.43. The van der Waals surface area contributed by atoms with Gasteiger partial charge < -0.3 is 14.4 Å². The Hall–Kier alpha value is -2.44. The smallest absolute Gasteiger partial charge is 0.252 e. The van der Waals surface area contributed by atoms with E-state index in [1.54, 1.807) is 19.2 Å². The van der Waals surface area contributed by atoms with Gasteiger partial charge in [0.1, 0.15) is 18.2 Å². The molecule has 2 aromatic rings. The van der Waals surface area contributed by atoms with Gasteiger partial charge in [-0.2, -0.15) is 0 Å². The van der Waals surface area contributed by atoms with Gasteiger partial charge in [0.2, 0.25) is 0 Å². The summed E-state index contributed by atoms with van der Waals surface area (Å²) in [6.45, 7) is 3.38. The van der Waals surface area contributed by atoms with Crippen molar-refractivity contribution in [1.82, 2.24) is 4.90 Å². The monoisotopic (exact) mass is 384 g/mol. The SMILES string of the molecule is COc1ccc(F)c(CN2CCC3(COCC(=O)N(c4ccccc4)C3)C2)c1. The molecule has 0 N–H and O–H groups in total. The molecular weight excluding hydrogens is 359 g/mol. The first kappa shape index (κ1) is 18.9. The highest BCUT2D eigenvalue weighted by Crippen LogP contribution is 2.36. The number of rotatable bonds is 4. The van der Waals surface area contributed by atoms with Crippen LogP contribution in [0.3, 0.4) is 0 Å². The predicted molar refractivity (Wildman–Crippen MR) is 105 cm³/mol. The van der Waals surface area contributed by atoms with E-state index in [2.05, 4.69) is 4.90 Å². The molecule has 2 aromatic carbocycles. The number of amides is 1. The lowest BCUT2D eigenvalue weighted by Gasteiger charge is -2.32. The molecule has 2 fully saturated rings. The number of methoxy groups -OCH3 is 1. The van der Waals surface area contributed by atoms with Gasteiger partial charge in [-0.15, -0.1) is 0 Å². The van der Waals surface area contributed by atoms with E-state index < -0.39 is 0 Å². The number of anilines is 1. The summed E-state index contributed by atoms with van der Waals surface area (Å²) in [7, 11) is 1.58. The number of carbonyl (C=O) groups excluding carboxylic acids is 1. The van der Waals surface area contributed by atoms with Crippen LogP contribution in [0.4, 0.5) is 10.1 Å². The van der Waals surface area contributed by atoms with E-state index in [9.17, 15) is 9.18 Å². The normalized spacial score (nSPS) is 23.2. The summed E-state index contributed by atoms with van der Waals surface area (Å²) < 4.78 is 25.2. The number of para-hydroxylation sites is 1. The molecule has 0 aromatic heterocycles. The molecule has 2 aliphatic heterocycles. The Labute approximate surface area is 164 Å². The maximum atomic E-state index is 14.2. The first-order valence-electron chi connectivity index (χ1n) is 9.56. The molecule has 0 radical (unpaired) electrons. The van der Waals surface area contributed by atoms with Crippen LogP contribution in [-0.2, 0) is 16.1 Å². The Morgan fingerprint density at radius 1 is 1.18 bits per heavy atom. The zero-order valence-corrected chi connectivity index (χ0v) is 16.1. The zero-order chi connectivity index (χ0) is 19.6. The fraction of sp³-hybridized carbons (Fsp3) is 0.409. The number of hydrogen-bond donors (Lipinski definition) is 0. The van der Waals surface area contributed by atoms with Gasteiger partial charge in [-0.1, -0.05) is 18.2 Å². The fourth-order valence-electron chi connectivity index (χ4n) is 4.19. The highest BCUT2D eigenvalue weighted by molar-refractivity contribution is 5.94. The third-order valence-corrected chi connectivity index (χ3v) is 5.66. The summed E-state index contributed by atoms with van der Waals surface area (Å²) in [5.41, 5.74) is 1.38. The molecule has 2 heterocycles. The summed E-state index contributed by atoms with van der Waals surface area (Å²) in [6.07, 6.45) is 0.912. The minimum absolute atomic E-state index is 0.0136. The molecule has 4 rings (SSSR count). The van der Waals surface area contributed by atoms with E-state index in [1.165, 1.54) is 6.07 Å². The van der Waals surface area contributed by atoms with E-state index in [0.29, 0.717) is 31.0 Å². The van der Waals surface area contributed by atoms with Gasteiger partial charge in [0, 0.05) is 36.3 Å². The number of ether oxygens (including phenoxy) is 2. The van der Waals surface area contributed by atoms with Gasteiger partial charge in [0.15, 0.2) is 0 Å². The molecule has 1 spiro atoms. The van der Waals surface area contributed by atoms with Crippen molar-refractivity contribution in [3.05, 3.63) is 59.9 Å². The molecule has 0 bridgehead atoms. The van der Waals surface area contributed by atoms with Crippen molar-refractivity contribution in [2.45, 2.75) is 13.0 Å². The summed E-state index contributed by atoms with van der Waals surface area (Å²) in [5.74, 6) is 0.421. The van der Waals surface area contributed by atoms with Crippen molar-refractivity contribution in [1.29, 1.82) is 0 Å². The summed E-state index contributed by atoms with van der Waals surface area (Å²) in [6, 6.07) is 14.6. The molecule has 148 valence electrons. The van der Waals surface area contributed by atoms with Gasteiger partial charge in [0.25, 0.3) is 5.91 Å². The van der Waals surface area contributed by atoms with Gasteiger partial charge in [-0.05, 0) is 43.3 Å². The molecule has 2 aliphatic rings. The molecule has 1 unspecified atom stereocenters. The van der Waals surface area contributed by atoms with Crippen LogP contribution < -0.4 is 9.64 Å². The van der Waals surface area contributed by atoms with Crippen LogP contribution in [0.1, 0.15) is 12.0 Å². The summed E-state index contributed by atoms with van der Waals surface area (Å²) in [5, 5.41) is 0. The quantitative estimate of drug-likeness (QED) is 0.813. The van der Waals surface area contributed by atoms with Crippen molar-refractivity contribution >= 4 is 11.6 Å². The Bertz CT molecular complexity index is 845. The molecule has 28 heavy (non-hydrogen) atoms. The van der Waals surface area contributed by atoms with E-state index in [4.69, 9.17) is 9.47 Å². The third-order valence-electron chi connectivity index (χ3n) is 5.66. The van der Waals surface area contributed by atoms with Gasteiger partial charge in [-0.3, -0.25) is 9.69 Å². The lowest BCUT2D eigenvalue weighted by atomic mass is 9.87. The van der Waals surface area contributed by atoms with Crippen molar-refractivity contribution in [2.75, 3.05) is 44.9 Å². The maximum Gasteiger partial charge on any atom is 0.252 e. The van der Waals surface area contributed by atoms with Gasteiger partial charge >= 0.3 is 0 Å². The van der Waals surface area contributed by atoms with Crippen molar-refractivity contribution in [2.24, 2.45) is 5.41 Å². The summed E-state index contributed by atoms with van der Waals surface area (Å²) >= 11 is 0. The fourth-order valence-corrected chi connectivity index (χ4v) is 4.19. The van der Waals surface area contributed by atoms with Crippen molar-refractivity contribution in [3.63, 3.8) is 0 Å². The lowest BCUT2D eigenvalue weighted by Crippen LogP contribution is -2.42. The van der Waals surface area contributed by atoms with E-state index in [0.717, 1.165) is 25.2 Å². The van der Waals surface area contributed by atoms with Gasteiger partial charge in [0.05, 0.1) is 13.7 Å². The maximum absolute atomic E-state index is 14.2. The second-order valence-electron chi connectivity index (χ2n) is 7.73. The first-order valence-corrected chi connectivity index (χ1v) is 9.56. The molecule has 2 saturated heterocycles. The molecule has 6 heteroatoms. The van der Waals surface area contributed by atoms with E-state index in [-0.39, 0.29) is 23.7 Å². The molecule has 5 nitrogen and oxygen atoms in total. The van der Waals surface area contributed by atoms with E-state index >= 15 is 0 Å². The number of hydrogen-bond acceptors (Lipinski definition) is 4. The Morgan fingerprint density at radius 2 is 2.00 bits per heavy atom. The Kier molecular flexibility index (Phi) is 5.33. The van der Waals surface area contributed by atoms with Crippen molar-refractivity contribution in [3.8, 4) is 5.75 Å². The van der Waals surface area contributed by atoms with Crippen LogP contribution in [0.2, 0.25) is 0 Å². The van der Waals surface area contributed by atoms with Crippen LogP contribution in [-0.4, -0.2) is 50.8 Å². The Balaban J connectivity index is 1.50. The molecule has 0 saturated carbocycles. The highest BCUT2D eigenvalue weighted by atomic mass is 19.1. The van der Waals surface area contributed by atoms with E-state index in [1.807, 2.05) is 35.2 Å². The number of benzene rings is 2. The summed E-state index contributed by atoms with van der Waals surface area (Å²) in [4.78, 5) is 16.6. The minimum atomic E-state index is -0.222. The number of nitrogens with zero attached hydrogens (tertiary/aromatic N) is 2. The van der Waals surface area contributed by atoms with Crippen LogP contribution >= 0.6 is 0 Å². The molecule has 1 atom stereocenters. The van der Waals surface area contributed by atoms with Gasteiger partial charge in [-0.25, -0.2) is 4.39 Å². The largest absolute Gasteiger partial charge is 0.497 e. The molecule has 0 aliphatic carbocycles. The van der Waals surface area contributed by atoms with Crippen LogP contribution in [0, 0.1) is 11.2 Å². The lowest BCUT2D eigenvalue weighted by molar-refractivity contribution is -0.122. The van der Waals surface area contributed by atoms with Crippen LogP contribution in [0.25, 0.3) is 0 Å². The molecule has 1 amide bonds. The standard InChI is InChI=1S/C22H25FN2O3/c1-27-19-7-8-20(23)17(11-19)12-24-10-9-22(14-24)15-25(21(26)13-28-16-22)18-5-3-2-4-6-18/h2-8,11H,9-10,12-16H2,1H3. The van der Waals surface area contributed by atoms with Crippen LogP contribution in [0.15, 0.2) is 48.5 Å². The number of carbonyl (C=O) groups is 1. The minimum Gasteiger partial charge on any atom is -0.497 e. The topological polar surface area (TPSA) is 42.0 Å². The second-order valence-corrected chi connectivity index (χ2v) is 7.73. The van der Waals surface area contributed by atoms with Crippen molar-refractivity contribution < 1.29 is 18.7 Å². The average Bonchev–Trinajstić information content (AvgIpc) is 3.02. The average molecular weight is 384 g/mol. The Morgan fingerprint density at radius 3 is 2.79 bits per heavy atom. The van der Waals surface area contributed by atoms with Crippen LogP contribution in [0.5, 0.6) is 5.75 Å².